The molecule has 0 unspecified atom stereocenters. The number of nitrogens with one attached hydrogen (secondary N) is 2. The number of esters is 1. The van der Waals surface area contributed by atoms with Crippen molar-refractivity contribution in [2.75, 3.05) is 17.7 Å². The molecule has 2 rings (SSSR count). The van der Waals surface area contributed by atoms with Gasteiger partial charge in [-0.2, -0.15) is 5.10 Å². The molecule has 0 atom stereocenters. The fourth-order valence-corrected chi connectivity index (χ4v) is 2.40. The predicted octanol–water partition coefficient (Wildman–Crippen LogP) is 2.76. The molecule has 1 amide bonds. The Kier molecular flexibility index (Phi) is 6.42. The van der Waals surface area contributed by atoms with E-state index in [9.17, 15) is 9.59 Å². The smallest absolute Gasteiger partial charge is 0.339 e. The minimum Gasteiger partial charge on any atom is -0.462 e. The fourth-order valence-electron chi connectivity index (χ4n) is 1.63. The lowest BCUT2D eigenvalue weighted by atomic mass is 10.2. The van der Waals surface area contributed by atoms with E-state index >= 15 is 0 Å². The van der Waals surface area contributed by atoms with Gasteiger partial charge in [0.15, 0.2) is 5.16 Å². The Labute approximate surface area is 142 Å². The van der Waals surface area contributed by atoms with Crippen LogP contribution in [0.15, 0.2) is 29.7 Å². The zero-order valence-corrected chi connectivity index (χ0v) is 13.9. The van der Waals surface area contributed by atoms with Gasteiger partial charge < -0.3 is 10.1 Å². The highest BCUT2D eigenvalue weighted by Gasteiger charge is 2.14. The third-order valence-electron chi connectivity index (χ3n) is 2.64. The van der Waals surface area contributed by atoms with Gasteiger partial charge in [0.1, 0.15) is 6.33 Å². The van der Waals surface area contributed by atoms with E-state index in [1.807, 2.05) is 6.92 Å². The molecule has 7 nitrogen and oxygen atoms in total. The number of rotatable bonds is 7. The molecule has 1 heterocycles. The largest absolute Gasteiger partial charge is 0.462 e. The summed E-state index contributed by atoms with van der Waals surface area (Å²) in [5, 5.41) is 9.87. The second-order valence-electron chi connectivity index (χ2n) is 4.46. The summed E-state index contributed by atoms with van der Waals surface area (Å²) in [5.41, 5.74) is 0.696. The molecule has 0 aliphatic carbocycles. The molecule has 122 valence electrons. The number of hydrogen-bond donors (Lipinski definition) is 2. The van der Waals surface area contributed by atoms with Gasteiger partial charge in [0.05, 0.1) is 22.9 Å². The van der Waals surface area contributed by atoms with Crippen LogP contribution in [0.25, 0.3) is 0 Å². The zero-order valence-electron chi connectivity index (χ0n) is 12.3. The van der Waals surface area contributed by atoms with E-state index in [2.05, 4.69) is 20.5 Å². The Morgan fingerprint density at radius 2 is 2.26 bits per heavy atom. The summed E-state index contributed by atoms with van der Waals surface area (Å²) in [4.78, 5) is 27.7. The monoisotopic (exact) mass is 354 g/mol. The minimum absolute atomic E-state index is 0.160. The maximum absolute atomic E-state index is 11.9. The van der Waals surface area contributed by atoms with Crippen LogP contribution in [-0.2, 0) is 9.53 Å². The van der Waals surface area contributed by atoms with Gasteiger partial charge in [-0.15, -0.1) is 0 Å². The van der Waals surface area contributed by atoms with Crippen LogP contribution in [0.4, 0.5) is 5.69 Å². The predicted molar refractivity (Wildman–Crippen MR) is 87.8 cm³/mol. The fraction of sp³-hybridized carbons (Fsp3) is 0.286. The third-order valence-corrected chi connectivity index (χ3v) is 3.85. The standard InChI is InChI=1S/C14H15ClN4O3S/c1-2-5-22-13(21)10-6-9(3-4-11(10)15)18-12(20)7-23-14-16-8-17-19-14/h3-4,6,8H,2,5,7H2,1H3,(H,18,20)(H,16,17,19). The van der Waals surface area contributed by atoms with Gasteiger partial charge >= 0.3 is 5.97 Å². The molecule has 0 aliphatic heterocycles. The van der Waals surface area contributed by atoms with Gasteiger partial charge in [-0.1, -0.05) is 30.3 Å². The van der Waals surface area contributed by atoms with Crippen molar-refractivity contribution in [1.82, 2.24) is 15.2 Å². The SMILES string of the molecule is CCCOC(=O)c1cc(NC(=O)CSc2ncn[nH]2)ccc1Cl. The van der Waals surface area contributed by atoms with Gasteiger partial charge in [0, 0.05) is 5.69 Å². The molecule has 9 heteroatoms. The number of halogens is 1. The van der Waals surface area contributed by atoms with Crippen molar-refractivity contribution in [3.63, 3.8) is 0 Å². The Balaban J connectivity index is 1.96. The van der Waals surface area contributed by atoms with Crippen molar-refractivity contribution >= 4 is 40.9 Å². The molecule has 0 spiro atoms. The molecule has 0 fully saturated rings. The van der Waals surface area contributed by atoms with Crippen molar-refractivity contribution in [1.29, 1.82) is 0 Å². The highest BCUT2D eigenvalue weighted by Crippen LogP contribution is 2.22. The van der Waals surface area contributed by atoms with Crippen LogP contribution in [0.5, 0.6) is 0 Å². The van der Waals surface area contributed by atoms with Gasteiger partial charge in [-0.3, -0.25) is 9.89 Å². The van der Waals surface area contributed by atoms with E-state index in [1.54, 1.807) is 12.1 Å². The van der Waals surface area contributed by atoms with Crippen molar-refractivity contribution in [3.05, 3.63) is 35.1 Å². The van der Waals surface area contributed by atoms with Crippen LogP contribution in [0.2, 0.25) is 5.02 Å². The van der Waals surface area contributed by atoms with Crippen LogP contribution in [0.1, 0.15) is 23.7 Å². The third kappa shape index (κ3) is 5.26. The van der Waals surface area contributed by atoms with Crippen molar-refractivity contribution in [2.45, 2.75) is 18.5 Å². The second-order valence-corrected chi connectivity index (χ2v) is 5.83. The first-order valence-electron chi connectivity index (χ1n) is 6.85. The van der Waals surface area contributed by atoms with Crippen LogP contribution in [-0.4, -0.2) is 39.4 Å². The van der Waals surface area contributed by atoms with E-state index in [0.717, 1.165) is 6.42 Å². The van der Waals surface area contributed by atoms with Crippen molar-refractivity contribution in [2.24, 2.45) is 0 Å². The van der Waals surface area contributed by atoms with E-state index < -0.39 is 5.97 Å². The molecule has 2 N–H and O–H groups in total. The Bertz CT molecular complexity index is 679. The quantitative estimate of drug-likeness (QED) is 0.586. The summed E-state index contributed by atoms with van der Waals surface area (Å²) in [5.74, 6) is -0.585. The molecule has 0 aliphatic rings. The number of benzene rings is 1. The number of hydrogen-bond acceptors (Lipinski definition) is 6. The number of carbonyl (C=O) groups is 2. The molecule has 0 saturated heterocycles. The zero-order chi connectivity index (χ0) is 16.7. The highest BCUT2D eigenvalue weighted by molar-refractivity contribution is 7.99. The average Bonchev–Trinajstić information content (AvgIpc) is 3.06. The number of aromatic amines is 1. The number of amides is 1. The molecular formula is C14H15ClN4O3S. The number of carbonyl (C=O) groups excluding carboxylic acids is 2. The Morgan fingerprint density at radius 1 is 1.43 bits per heavy atom. The number of ether oxygens (including phenoxy) is 1. The first-order chi connectivity index (χ1) is 11.1. The Morgan fingerprint density at radius 3 is 2.96 bits per heavy atom. The first-order valence-corrected chi connectivity index (χ1v) is 8.21. The van der Waals surface area contributed by atoms with Crippen molar-refractivity contribution < 1.29 is 14.3 Å². The number of aromatic nitrogens is 3. The normalized spacial score (nSPS) is 10.3. The van der Waals surface area contributed by atoms with E-state index in [4.69, 9.17) is 16.3 Å². The van der Waals surface area contributed by atoms with Crippen LogP contribution in [0.3, 0.4) is 0 Å². The number of thioether (sulfide) groups is 1. The minimum atomic E-state index is -0.510. The lowest BCUT2D eigenvalue weighted by Gasteiger charge is -2.09. The molecule has 2 aromatic rings. The van der Waals surface area contributed by atoms with Gasteiger partial charge in [0.2, 0.25) is 5.91 Å². The lowest BCUT2D eigenvalue weighted by molar-refractivity contribution is -0.113. The molecule has 0 radical (unpaired) electrons. The maximum Gasteiger partial charge on any atom is 0.339 e. The van der Waals surface area contributed by atoms with Gasteiger partial charge in [-0.05, 0) is 24.6 Å². The van der Waals surface area contributed by atoms with Crippen LogP contribution >= 0.6 is 23.4 Å². The summed E-state index contributed by atoms with van der Waals surface area (Å²) in [6.45, 7) is 2.22. The summed E-state index contributed by atoms with van der Waals surface area (Å²) >= 11 is 7.22. The molecule has 0 saturated carbocycles. The molecular weight excluding hydrogens is 340 g/mol. The molecule has 1 aromatic heterocycles. The maximum atomic E-state index is 11.9. The highest BCUT2D eigenvalue weighted by atomic mass is 35.5. The second kappa shape index (κ2) is 8.54. The van der Waals surface area contributed by atoms with Crippen molar-refractivity contribution in [3.8, 4) is 0 Å². The lowest BCUT2D eigenvalue weighted by Crippen LogP contribution is -2.15. The molecule has 0 bridgehead atoms. The number of H-pyrrole nitrogens is 1. The van der Waals surface area contributed by atoms with E-state index in [1.165, 1.54) is 24.2 Å². The average molecular weight is 355 g/mol. The van der Waals surface area contributed by atoms with E-state index in [0.29, 0.717) is 17.5 Å². The van der Waals surface area contributed by atoms with Gasteiger partial charge in [0.25, 0.3) is 0 Å². The van der Waals surface area contributed by atoms with Crippen LogP contribution < -0.4 is 5.32 Å². The molecule has 23 heavy (non-hydrogen) atoms. The Hall–Kier alpha value is -2.06. The van der Waals surface area contributed by atoms with Crippen LogP contribution in [0, 0.1) is 0 Å². The first kappa shape index (κ1) is 17.3. The molecule has 1 aromatic carbocycles. The topological polar surface area (TPSA) is 97.0 Å². The number of anilines is 1. The van der Waals surface area contributed by atoms with E-state index in [-0.39, 0.29) is 22.2 Å². The number of nitrogens with zero attached hydrogens (tertiary/aromatic N) is 2. The summed E-state index contributed by atoms with van der Waals surface area (Å²) in [6, 6.07) is 4.66. The summed E-state index contributed by atoms with van der Waals surface area (Å²) < 4.78 is 5.05. The summed E-state index contributed by atoms with van der Waals surface area (Å²) in [7, 11) is 0. The van der Waals surface area contributed by atoms with Gasteiger partial charge in [-0.25, -0.2) is 9.78 Å². The summed E-state index contributed by atoms with van der Waals surface area (Å²) in [6.07, 6.45) is 2.09.